The van der Waals surface area contributed by atoms with Crippen LogP contribution in [0.4, 0.5) is 0 Å². The molecule has 20 heavy (non-hydrogen) atoms. The van der Waals surface area contributed by atoms with Crippen molar-refractivity contribution < 1.29 is 23.7 Å². The summed E-state index contributed by atoms with van der Waals surface area (Å²) >= 11 is 12.1. The smallest absolute Gasteiger partial charge is 0.426 e. The molecule has 0 saturated heterocycles. The molecule has 0 amide bonds. The molecule has 0 saturated carbocycles. The van der Waals surface area contributed by atoms with Crippen LogP contribution in [0.3, 0.4) is 0 Å². The Morgan fingerprint density at radius 2 is 1.65 bits per heavy atom. The Labute approximate surface area is 143 Å². The third-order valence-electron chi connectivity index (χ3n) is 2.75. The van der Waals surface area contributed by atoms with Crippen LogP contribution in [0.15, 0.2) is 36.4 Å². The molecule has 2 aromatic carbocycles. The van der Waals surface area contributed by atoms with Crippen LogP contribution in [-0.2, 0) is 0 Å². The van der Waals surface area contributed by atoms with E-state index in [-0.39, 0.29) is 24.4 Å². The molecule has 0 radical (unpaired) electrons. The first kappa shape index (κ1) is 17.8. The summed E-state index contributed by atoms with van der Waals surface area (Å²) in [6.45, 7) is 4.03. The molecule has 0 N–H and O–H groups in total. The van der Waals surface area contributed by atoms with Crippen LogP contribution in [-0.4, -0.2) is 5.52 Å². The second-order valence-electron chi connectivity index (χ2n) is 4.30. The Balaban J connectivity index is 0.00000200. The van der Waals surface area contributed by atoms with Crippen LogP contribution in [0.25, 0.3) is 0 Å². The van der Waals surface area contributed by atoms with E-state index in [2.05, 4.69) is 6.07 Å². The summed E-state index contributed by atoms with van der Waals surface area (Å²) in [7, 11) is 0.594. The monoisotopic (exact) mass is 316 g/mol. The molecule has 0 bridgehead atoms. The fraction of sp³-hybridized carbons (Fsp3) is 0.133. The van der Waals surface area contributed by atoms with Gasteiger partial charge in [-0.3, -0.25) is 0 Å². The van der Waals surface area contributed by atoms with E-state index < -0.39 is 0 Å². The van der Waals surface area contributed by atoms with Gasteiger partial charge in [0.25, 0.3) is 0 Å². The Hall–Kier alpha value is -0.283. The molecule has 0 aliphatic heterocycles. The van der Waals surface area contributed by atoms with Crippen molar-refractivity contribution in [3.8, 4) is 0 Å². The zero-order valence-electron chi connectivity index (χ0n) is 11.6. The predicted octanol–water partition coefficient (Wildman–Crippen LogP) is 2.03. The molecule has 0 aliphatic carbocycles. The zero-order chi connectivity index (χ0) is 14.0. The van der Waals surface area contributed by atoms with Crippen molar-refractivity contribution in [1.82, 2.24) is 0 Å². The molecule has 98 valence electrons. The first-order valence-corrected chi connectivity index (χ1v) is 7.41. The van der Waals surface area contributed by atoms with E-state index in [0.29, 0.717) is 24.2 Å². The van der Waals surface area contributed by atoms with Gasteiger partial charge in [-0.1, -0.05) is 58.6 Å². The number of carbonyl (C=O) groups excluding carboxylic acids is 1. The van der Waals surface area contributed by atoms with Crippen LogP contribution >= 0.6 is 31.8 Å². The molecule has 1 nitrogen and oxygen atoms in total. The zero-order valence-corrected chi connectivity index (χ0v) is 14.0. The van der Waals surface area contributed by atoms with Crippen LogP contribution in [0.1, 0.15) is 21.5 Å². The normalized spacial score (nSPS) is 10.6. The second-order valence-corrected chi connectivity index (χ2v) is 6.23. The number of rotatable bonds is 3. The van der Waals surface area contributed by atoms with Crippen molar-refractivity contribution in [2.75, 3.05) is 0 Å². The average Bonchev–Trinajstić information content (AvgIpc) is 2.32. The van der Waals surface area contributed by atoms with E-state index in [0.717, 1.165) is 10.9 Å². The summed E-state index contributed by atoms with van der Waals surface area (Å²) < 4.78 is 0. The summed E-state index contributed by atoms with van der Waals surface area (Å²) in [5.41, 5.74) is 2.59. The van der Waals surface area contributed by atoms with E-state index in [9.17, 15) is 4.79 Å². The van der Waals surface area contributed by atoms with Crippen molar-refractivity contribution >= 4 is 42.6 Å². The standard InChI is InChI=1S/C15H12Cl2OP.Li/c1-9-6-7-13(10(2)8-9)19-15(18)14-11(16)4-3-5-12(14)17;/h3-8H,1-2H3;/q-1;+1. The quantitative estimate of drug-likeness (QED) is 0.625. The Kier molecular flexibility index (Phi) is 6.79. The van der Waals surface area contributed by atoms with Gasteiger partial charge < -0.3 is 13.4 Å². The first-order chi connectivity index (χ1) is 8.99. The Bertz CT molecular complexity index is 624. The van der Waals surface area contributed by atoms with Crippen LogP contribution in [0.5, 0.6) is 0 Å². The summed E-state index contributed by atoms with van der Waals surface area (Å²) in [6, 6.07) is 11.1. The number of hydrogen-bond acceptors (Lipinski definition) is 1. The van der Waals surface area contributed by atoms with E-state index >= 15 is 0 Å². The minimum absolute atomic E-state index is 0. The van der Waals surface area contributed by atoms with Crippen molar-refractivity contribution in [2.45, 2.75) is 13.8 Å². The minimum Gasteiger partial charge on any atom is -0.426 e. The summed E-state index contributed by atoms with van der Waals surface area (Å²) in [4.78, 5) is 12.3. The predicted molar refractivity (Wildman–Crippen MR) is 83.3 cm³/mol. The maximum atomic E-state index is 12.3. The van der Waals surface area contributed by atoms with E-state index in [1.807, 2.05) is 26.0 Å². The Morgan fingerprint density at radius 3 is 2.20 bits per heavy atom. The molecule has 2 rings (SSSR count). The van der Waals surface area contributed by atoms with Gasteiger partial charge >= 0.3 is 18.9 Å². The third-order valence-corrected chi connectivity index (χ3v) is 4.55. The molecule has 0 fully saturated rings. The molecular weight excluding hydrogens is 305 g/mol. The number of halogens is 2. The molecular formula is C15H12Cl2LiOP. The fourth-order valence-corrected chi connectivity index (χ4v) is 3.46. The van der Waals surface area contributed by atoms with Crippen LogP contribution < -0.4 is 24.2 Å². The summed E-state index contributed by atoms with van der Waals surface area (Å²) in [5, 5.41) is 1.77. The Morgan fingerprint density at radius 1 is 1.05 bits per heavy atom. The molecule has 0 unspecified atom stereocenters. The number of benzene rings is 2. The van der Waals surface area contributed by atoms with Crippen molar-refractivity contribution in [2.24, 2.45) is 0 Å². The van der Waals surface area contributed by atoms with Crippen molar-refractivity contribution in [3.63, 3.8) is 0 Å². The van der Waals surface area contributed by atoms with Gasteiger partial charge in [-0.05, 0) is 26.0 Å². The van der Waals surface area contributed by atoms with E-state index in [1.165, 1.54) is 5.56 Å². The molecule has 0 aliphatic rings. The SMILES string of the molecule is Cc1ccc([P-]C(=O)c2c(Cl)cccc2Cl)c(C)c1.[Li+]. The molecule has 0 spiro atoms. The third kappa shape index (κ3) is 4.11. The van der Waals surface area contributed by atoms with Gasteiger partial charge in [0, 0.05) is 11.1 Å². The van der Waals surface area contributed by atoms with Gasteiger partial charge in [0.2, 0.25) is 0 Å². The van der Waals surface area contributed by atoms with Gasteiger partial charge in [-0.15, -0.1) is 0 Å². The first-order valence-electron chi connectivity index (χ1n) is 5.76. The number of carbonyl (C=O) groups is 1. The van der Waals surface area contributed by atoms with Gasteiger partial charge in [0.05, 0.1) is 10.0 Å². The molecule has 0 aromatic heterocycles. The molecule has 0 heterocycles. The maximum Gasteiger partial charge on any atom is 1.00 e. The largest absolute Gasteiger partial charge is 1.00 e. The van der Waals surface area contributed by atoms with Crippen LogP contribution in [0.2, 0.25) is 10.0 Å². The fourth-order valence-electron chi connectivity index (χ4n) is 1.80. The summed E-state index contributed by atoms with van der Waals surface area (Å²) in [6.07, 6.45) is 0. The molecule has 2 aromatic rings. The maximum absolute atomic E-state index is 12.3. The average molecular weight is 317 g/mol. The van der Waals surface area contributed by atoms with Crippen molar-refractivity contribution in [1.29, 1.82) is 0 Å². The summed E-state index contributed by atoms with van der Waals surface area (Å²) in [5.74, 6) is 0. The van der Waals surface area contributed by atoms with E-state index in [1.54, 1.807) is 18.2 Å². The van der Waals surface area contributed by atoms with Gasteiger partial charge in [0.15, 0.2) is 0 Å². The number of hydrogen-bond donors (Lipinski definition) is 0. The number of aryl methyl sites for hydroxylation is 2. The topological polar surface area (TPSA) is 17.1 Å². The van der Waals surface area contributed by atoms with Crippen molar-refractivity contribution in [3.05, 3.63) is 63.1 Å². The van der Waals surface area contributed by atoms with E-state index in [4.69, 9.17) is 23.2 Å². The van der Waals surface area contributed by atoms with Crippen LogP contribution in [0, 0.1) is 13.8 Å². The minimum atomic E-state index is -0.0810. The van der Waals surface area contributed by atoms with Gasteiger partial charge in [-0.25, -0.2) is 0 Å². The van der Waals surface area contributed by atoms with Gasteiger partial charge in [0.1, 0.15) is 0 Å². The van der Waals surface area contributed by atoms with Gasteiger partial charge in [-0.2, -0.15) is 5.30 Å². The molecule has 5 heteroatoms. The second kappa shape index (κ2) is 7.65. The molecule has 0 atom stereocenters.